The predicted octanol–water partition coefficient (Wildman–Crippen LogP) is -8.53. The summed E-state index contributed by atoms with van der Waals surface area (Å²) in [4.78, 5) is 0. The summed E-state index contributed by atoms with van der Waals surface area (Å²) < 4.78 is 58.9. The molecule has 388 valence electrons. The highest BCUT2D eigenvalue weighted by Crippen LogP contribution is 2.39. The predicted molar refractivity (Wildman–Crippen MR) is 216 cm³/mol. The van der Waals surface area contributed by atoms with Crippen LogP contribution < -0.4 is 0 Å². The van der Waals surface area contributed by atoms with E-state index in [0.717, 1.165) is 0 Å². The molecule has 5 saturated heterocycles. The minimum absolute atomic E-state index is 0.104. The van der Waals surface area contributed by atoms with Gasteiger partial charge in [0.1, 0.15) is 122 Å². The van der Waals surface area contributed by atoms with Crippen molar-refractivity contribution in [2.45, 2.75) is 188 Å². The highest BCUT2D eigenvalue weighted by molar-refractivity contribution is 7.80. The highest BCUT2D eigenvalue weighted by atomic mass is 32.1. The number of ether oxygens (including phenoxy) is 10. The average molecular weight is 987 g/mol. The Morgan fingerprint density at radius 3 is 1.15 bits per heavy atom. The number of hydrogen-bond donors (Lipinski definition) is 17. The van der Waals surface area contributed by atoms with Crippen LogP contribution in [0.2, 0.25) is 0 Å². The third kappa shape index (κ3) is 12.7. The Labute approximate surface area is 385 Å². The number of rotatable bonds is 19. The molecule has 5 fully saturated rings. The quantitative estimate of drug-likeness (QED) is 0.0534. The number of thiol groups is 1. The number of aliphatic hydroxyl groups is 16. The Balaban J connectivity index is 1.53. The molecule has 5 heterocycles. The maximum atomic E-state index is 12.1. The van der Waals surface area contributed by atoms with Gasteiger partial charge in [-0.2, -0.15) is 12.6 Å². The third-order valence-corrected chi connectivity index (χ3v) is 13.2. The van der Waals surface area contributed by atoms with Gasteiger partial charge in [-0.3, -0.25) is 0 Å². The van der Waals surface area contributed by atoms with E-state index < -0.39 is 192 Å². The first-order valence-electron chi connectivity index (χ1n) is 21.6. The Morgan fingerprint density at radius 2 is 0.742 bits per heavy atom. The molecule has 25 atom stereocenters. The monoisotopic (exact) mass is 986 g/mol. The molecule has 0 saturated carbocycles. The fourth-order valence-electron chi connectivity index (χ4n) is 8.73. The molecule has 0 amide bonds. The van der Waals surface area contributed by atoms with Crippen molar-refractivity contribution in [3.05, 3.63) is 0 Å². The summed E-state index contributed by atoms with van der Waals surface area (Å²) in [5.41, 5.74) is -0.921. The van der Waals surface area contributed by atoms with Crippen molar-refractivity contribution in [2.75, 3.05) is 45.4 Å². The molecule has 0 bridgehead atoms. The molecule has 16 N–H and O–H groups in total. The van der Waals surface area contributed by atoms with Gasteiger partial charge in [0.15, 0.2) is 31.5 Å². The van der Waals surface area contributed by atoms with E-state index in [1.807, 2.05) is 27.7 Å². The normalized spacial score (nSPS) is 47.5. The number of aliphatic hydroxyl groups excluding tert-OH is 16. The molecular weight excluding hydrogens is 916 g/mol. The first-order valence-corrected chi connectivity index (χ1v) is 22.3. The Kier molecular flexibility index (Phi) is 20.2. The Bertz CT molecular complexity index is 1470. The van der Waals surface area contributed by atoms with Crippen LogP contribution in [0.4, 0.5) is 0 Å². The van der Waals surface area contributed by atoms with Crippen LogP contribution in [0.25, 0.3) is 0 Å². The Morgan fingerprint density at radius 1 is 0.379 bits per heavy atom. The summed E-state index contributed by atoms with van der Waals surface area (Å²) in [5.74, 6) is 0.498. The zero-order chi connectivity index (χ0) is 49.2. The average Bonchev–Trinajstić information content (AvgIpc) is 3.28. The van der Waals surface area contributed by atoms with Crippen molar-refractivity contribution < 1.29 is 129 Å². The molecule has 0 aromatic carbocycles. The minimum atomic E-state index is -2.07. The summed E-state index contributed by atoms with van der Waals surface area (Å²) >= 11 is 4.45. The molecule has 0 aliphatic carbocycles. The fraction of sp³-hybridized carbons (Fsp3) is 1.00. The van der Waals surface area contributed by atoms with Crippen LogP contribution in [-0.2, 0) is 47.4 Å². The summed E-state index contributed by atoms with van der Waals surface area (Å²) in [6, 6.07) is 0. The molecule has 5 aliphatic heterocycles. The topological polar surface area (TPSA) is 416 Å². The largest absolute Gasteiger partial charge is 0.394 e. The molecule has 0 radical (unpaired) electrons. The van der Waals surface area contributed by atoms with Gasteiger partial charge in [0.2, 0.25) is 0 Å². The second-order valence-electron chi connectivity index (χ2n) is 18.9. The Hall–Kier alpha value is -0.690. The van der Waals surface area contributed by atoms with E-state index in [1.165, 1.54) is 0 Å². The first kappa shape index (κ1) is 56.2. The lowest BCUT2D eigenvalue weighted by Gasteiger charge is -2.50. The van der Waals surface area contributed by atoms with Crippen molar-refractivity contribution in [2.24, 2.45) is 10.8 Å². The van der Waals surface area contributed by atoms with Crippen LogP contribution in [-0.4, -0.2) is 281 Å². The lowest BCUT2D eigenvalue weighted by molar-refractivity contribution is -0.396. The highest BCUT2D eigenvalue weighted by Gasteiger charge is 2.56. The molecule has 26 nitrogen and oxygen atoms in total. The fourth-order valence-corrected chi connectivity index (χ4v) is 8.84. The smallest absolute Gasteiger partial charge is 0.187 e. The molecule has 0 spiro atoms. The van der Waals surface area contributed by atoms with E-state index in [-0.39, 0.29) is 12.0 Å². The van der Waals surface area contributed by atoms with Gasteiger partial charge in [-0.05, 0) is 23.0 Å². The van der Waals surface area contributed by atoms with Gasteiger partial charge < -0.3 is 129 Å². The van der Waals surface area contributed by atoms with Crippen molar-refractivity contribution in [3.8, 4) is 0 Å². The van der Waals surface area contributed by atoms with E-state index in [4.69, 9.17) is 47.4 Å². The molecular formula is C39H70O26S. The lowest BCUT2D eigenvalue weighted by atomic mass is 9.76. The van der Waals surface area contributed by atoms with E-state index in [1.54, 1.807) is 0 Å². The van der Waals surface area contributed by atoms with Crippen LogP contribution in [0.1, 0.15) is 34.1 Å². The van der Waals surface area contributed by atoms with E-state index in [9.17, 15) is 81.7 Å². The zero-order valence-electron chi connectivity index (χ0n) is 36.8. The standard InChI is InChI=1S/C39H70O26S/c1-38(2,10-39(3,4)12-66)11-57-33-29(55)31(64-35-27(53)23(49)19(45)14(6-41)59-35)30(63-34-26(52)22(48)18(44)13(5-40)58-34)17(62-33)9-56-37-32(25(51)21(47)16(8-43)61-37)65-36-28(54)24(50)20(46)15(7-42)60-36/h13-37,40-55,66H,5-12H2,1-4H3. The van der Waals surface area contributed by atoms with Crippen LogP contribution in [0, 0.1) is 10.8 Å². The van der Waals surface area contributed by atoms with Gasteiger partial charge in [0, 0.05) is 0 Å². The molecule has 0 aromatic rings. The summed E-state index contributed by atoms with van der Waals surface area (Å²) in [7, 11) is 0. The summed E-state index contributed by atoms with van der Waals surface area (Å²) in [6.45, 7) is 3.23. The molecule has 27 heteroatoms. The van der Waals surface area contributed by atoms with E-state index in [0.29, 0.717) is 12.2 Å². The van der Waals surface area contributed by atoms with E-state index >= 15 is 0 Å². The van der Waals surface area contributed by atoms with Gasteiger partial charge in [0.25, 0.3) is 0 Å². The minimum Gasteiger partial charge on any atom is -0.394 e. The van der Waals surface area contributed by atoms with Gasteiger partial charge in [-0.1, -0.05) is 27.7 Å². The zero-order valence-corrected chi connectivity index (χ0v) is 37.7. The van der Waals surface area contributed by atoms with Crippen LogP contribution in [0.5, 0.6) is 0 Å². The van der Waals surface area contributed by atoms with Crippen molar-refractivity contribution >= 4 is 12.6 Å². The van der Waals surface area contributed by atoms with E-state index in [2.05, 4.69) is 12.6 Å². The second kappa shape index (κ2) is 23.7. The summed E-state index contributed by atoms with van der Waals surface area (Å²) in [6.07, 6.45) is -45.7. The van der Waals surface area contributed by atoms with Gasteiger partial charge in [0.05, 0.1) is 39.6 Å². The number of hydrogen-bond acceptors (Lipinski definition) is 27. The van der Waals surface area contributed by atoms with Crippen molar-refractivity contribution in [3.63, 3.8) is 0 Å². The molecule has 25 unspecified atom stereocenters. The molecule has 5 aliphatic rings. The van der Waals surface area contributed by atoms with Crippen molar-refractivity contribution in [1.82, 2.24) is 0 Å². The maximum Gasteiger partial charge on any atom is 0.187 e. The lowest BCUT2D eigenvalue weighted by Crippen LogP contribution is -2.68. The third-order valence-electron chi connectivity index (χ3n) is 12.3. The summed E-state index contributed by atoms with van der Waals surface area (Å²) in [5, 5.41) is 170. The molecule has 5 rings (SSSR count). The van der Waals surface area contributed by atoms with Crippen LogP contribution in [0.3, 0.4) is 0 Å². The maximum absolute atomic E-state index is 12.1. The first-order chi connectivity index (χ1) is 30.9. The molecule has 0 aromatic heterocycles. The van der Waals surface area contributed by atoms with Gasteiger partial charge in [-0.15, -0.1) is 0 Å². The molecule has 66 heavy (non-hydrogen) atoms. The van der Waals surface area contributed by atoms with Crippen LogP contribution in [0.15, 0.2) is 0 Å². The van der Waals surface area contributed by atoms with Gasteiger partial charge >= 0.3 is 0 Å². The second-order valence-corrected chi connectivity index (χ2v) is 19.3. The van der Waals surface area contributed by atoms with Crippen LogP contribution >= 0.6 is 12.6 Å². The van der Waals surface area contributed by atoms with Crippen molar-refractivity contribution in [1.29, 1.82) is 0 Å². The van der Waals surface area contributed by atoms with Gasteiger partial charge in [-0.25, -0.2) is 0 Å². The SMILES string of the molecule is CC(C)(CS)CC(C)(C)COC1OC(COC2OC(CO)C(O)C(O)C2OC2OC(CO)C(O)C(O)C2O)C(OC2OC(CO)C(O)C(O)C2O)C(OC2OC(CO)C(O)C(O)C2O)C1O.